The summed E-state index contributed by atoms with van der Waals surface area (Å²) in [7, 11) is 0. The lowest BCUT2D eigenvalue weighted by atomic mass is 10.0. The van der Waals surface area contributed by atoms with Gasteiger partial charge in [-0.25, -0.2) is 0 Å². The van der Waals surface area contributed by atoms with E-state index in [2.05, 4.69) is 39.2 Å². The molecular weight excluding hydrogens is 258 g/mol. The Labute approximate surface area is 122 Å². The summed E-state index contributed by atoms with van der Waals surface area (Å²) in [5.74, 6) is 0. The Morgan fingerprint density at radius 1 is 0.810 bits per heavy atom. The fourth-order valence-corrected chi connectivity index (χ4v) is 2.66. The summed E-state index contributed by atoms with van der Waals surface area (Å²) in [6.45, 7) is 0. The molecule has 1 N–H and O–H groups in total. The minimum atomic E-state index is 0.883. The molecule has 4 aromatic rings. The summed E-state index contributed by atoms with van der Waals surface area (Å²) in [5, 5.41) is 1.16. The zero-order chi connectivity index (χ0) is 14.1. The standard InChI is InChI=1S/C18H13N3/c1-2-6-13(7-3-1)18-17(16-12-19-10-11-20-16)14-8-4-5-9-15(14)21-18/h1-12,21H. The van der Waals surface area contributed by atoms with E-state index < -0.39 is 0 Å². The topological polar surface area (TPSA) is 41.6 Å². The molecule has 3 nitrogen and oxygen atoms in total. The Morgan fingerprint density at radius 3 is 2.43 bits per heavy atom. The van der Waals surface area contributed by atoms with Crippen molar-refractivity contribution in [1.29, 1.82) is 0 Å². The van der Waals surface area contributed by atoms with Crippen LogP contribution in [0.15, 0.2) is 73.2 Å². The number of para-hydroxylation sites is 1. The van der Waals surface area contributed by atoms with Crippen molar-refractivity contribution >= 4 is 10.9 Å². The number of benzene rings is 2. The molecule has 0 spiro atoms. The van der Waals surface area contributed by atoms with Crippen LogP contribution in [0.4, 0.5) is 0 Å². The molecule has 2 heterocycles. The molecule has 0 unspecified atom stereocenters. The molecule has 0 atom stereocenters. The van der Waals surface area contributed by atoms with Gasteiger partial charge in [-0.15, -0.1) is 0 Å². The van der Waals surface area contributed by atoms with Crippen molar-refractivity contribution in [3.8, 4) is 22.5 Å². The van der Waals surface area contributed by atoms with E-state index in [1.807, 2.05) is 36.5 Å². The van der Waals surface area contributed by atoms with Gasteiger partial charge in [-0.2, -0.15) is 0 Å². The van der Waals surface area contributed by atoms with Gasteiger partial charge in [0.25, 0.3) is 0 Å². The summed E-state index contributed by atoms with van der Waals surface area (Å²) in [6, 6.07) is 18.6. The number of nitrogens with zero attached hydrogens (tertiary/aromatic N) is 2. The predicted octanol–water partition coefficient (Wildman–Crippen LogP) is 4.29. The molecule has 3 heteroatoms. The van der Waals surface area contributed by atoms with Crippen LogP contribution >= 0.6 is 0 Å². The van der Waals surface area contributed by atoms with E-state index in [0.717, 1.165) is 33.4 Å². The molecule has 2 aromatic carbocycles. The molecule has 4 rings (SSSR count). The molecule has 0 aliphatic rings. The van der Waals surface area contributed by atoms with Crippen LogP contribution in [0.5, 0.6) is 0 Å². The van der Waals surface area contributed by atoms with Gasteiger partial charge < -0.3 is 4.98 Å². The van der Waals surface area contributed by atoms with E-state index in [4.69, 9.17) is 0 Å². The first kappa shape index (κ1) is 11.9. The summed E-state index contributed by atoms with van der Waals surface area (Å²) in [4.78, 5) is 12.2. The SMILES string of the molecule is c1ccc(-c2[nH]c3ccccc3c2-c2cnccn2)cc1. The van der Waals surface area contributed by atoms with Gasteiger partial charge >= 0.3 is 0 Å². The van der Waals surface area contributed by atoms with Crippen LogP contribution < -0.4 is 0 Å². The highest BCUT2D eigenvalue weighted by molar-refractivity contribution is 6.02. The Bertz CT molecular complexity index is 880. The average Bonchev–Trinajstić information content (AvgIpc) is 2.96. The van der Waals surface area contributed by atoms with Gasteiger partial charge in [0.05, 0.1) is 17.6 Å². The molecule has 0 aliphatic heterocycles. The Hall–Kier alpha value is -2.94. The molecule has 0 saturated heterocycles. The Kier molecular flexibility index (Phi) is 2.75. The van der Waals surface area contributed by atoms with Crippen LogP contribution in [0.3, 0.4) is 0 Å². The molecular formula is C18H13N3. The van der Waals surface area contributed by atoms with Gasteiger partial charge in [-0.1, -0.05) is 48.5 Å². The van der Waals surface area contributed by atoms with Crippen molar-refractivity contribution in [2.45, 2.75) is 0 Å². The number of aromatic amines is 1. The first-order valence-electron chi connectivity index (χ1n) is 6.86. The lowest BCUT2D eigenvalue weighted by Crippen LogP contribution is -1.86. The van der Waals surface area contributed by atoms with Gasteiger partial charge in [0, 0.05) is 28.9 Å². The number of H-pyrrole nitrogens is 1. The maximum atomic E-state index is 4.47. The predicted molar refractivity (Wildman–Crippen MR) is 84.8 cm³/mol. The summed E-state index contributed by atoms with van der Waals surface area (Å²) in [6.07, 6.45) is 5.23. The van der Waals surface area contributed by atoms with Crippen molar-refractivity contribution in [2.24, 2.45) is 0 Å². The molecule has 0 aliphatic carbocycles. The van der Waals surface area contributed by atoms with Crippen molar-refractivity contribution in [3.05, 3.63) is 73.2 Å². The maximum absolute atomic E-state index is 4.47. The monoisotopic (exact) mass is 271 g/mol. The van der Waals surface area contributed by atoms with Crippen molar-refractivity contribution in [2.75, 3.05) is 0 Å². The third-order valence-corrected chi connectivity index (χ3v) is 3.59. The summed E-state index contributed by atoms with van der Waals surface area (Å²) < 4.78 is 0. The van der Waals surface area contributed by atoms with Crippen LogP contribution in [0.25, 0.3) is 33.4 Å². The van der Waals surface area contributed by atoms with Crippen molar-refractivity contribution < 1.29 is 0 Å². The molecule has 0 radical (unpaired) electrons. The lowest BCUT2D eigenvalue weighted by molar-refractivity contribution is 1.21. The first-order valence-corrected chi connectivity index (χ1v) is 6.86. The molecule has 0 saturated carbocycles. The zero-order valence-corrected chi connectivity index (χ0v) is 11.3. The van der Waals surface area contributed by atoms with E-state index in [0.29, 0.717) is 0 Å². The second kappa shape index (κ2) is 4.87. The van der Waals surface area contributed by atoms with Gasteiger partial charge in [0.15, 0.2) is 0 Å². The van der Waals surface area contributed by atoms with Gasteiger partial charge in [-0.05, 0) is 11.6 Å². The molecule has 0 bridgehead atoms. The highest BCUT2D eigenvalue weighted by Crippen LogP contribution is 2.36. The number of hydrogen-bond acceptors (Lipinski definition) is 2. The van der Waals surface area contributed by atoms with E-state index in [-0.39, 0.29) is 0 Å². The highest BCUT2D eigenvalue weighted by atomic mass is 14.8. The number of hydrogen-bond donors (Lipinski definition) is 1. The molecule has 0 fully saturated rings. The summed E-state index contributed by atoms with van der Waals surface area (Å²) in [5.41, 5.74) is 5.32. The largest absolute Gasteiger partial charge is 0.354 e. The van der Waals surface area contributed by atoms with Crippen LogP contribution in [0.1, 0.15) is 0 Å². The first-order chi connectivity index (χ1) is 10.4. The van der Waals surface area contributed by atoms with Gasteiger partial charge in [-0.3, -0.25) is 9.97 Å². The van der Waals surface area contributed by atoms with Crippen LogP contribution in [0.2, 0.25) is 0 Å². The molecule has 0 amide bonds. The van der Waals surface area contributed by atoms with Crippen LogP contribution in [0, 0.1) is 0 Å². The van der Waals surface area contributed by atoms with E-state index in [9.17, 15) is 0 Å². The quantitative estimate of drug-likeness (QED) is 0.591. The Balaban J connectivity index is 2.07. The van der Waals surface area contributed by atoms with Crippen molar-refractivity contribution in [3.63, 3.8) is 0 Å². The molecule has 21 heavy (non-hydrogen) atoms. The van der Waals surface area contributed by atoms with Gasteiger partial charge in [0.2, 0.25) is 0 Å². The minimum Gasteiger partial charge on any atom is -0.354 e. The smallest absolute Gasteiger partial charge is 0.0913 e. The van der Waals surface area contributed by atoms with E-state index in [1.54, 1.807) is 12.4 Å². The lowest BCUT2D eigenvalue weighted by Gasteiger charge is -2.04. The number of nitrogens with one attached hydrogen (secondary N) is 1. The third kappa shape index (κ3) is 1.99. The fourth-order valence-electron chi connectivity index (χ4n) is 2.66. The van der Waals surface area contributed by atoms with E-state index >= 15 is 0 Å². The normalized spacial score (nSPS) is 10.9. The third-order valence-electron chi connectivity index (χ3n) is 3.59. The number of rotatable bonds is 2. The molecule has 100 valence electrons. The number of fused-ring (bicyclic) bond motifs is 1. The second-order valence-electron chi connectivity index (χ2n) is 4.88. The zero-order valence-electron chi connectivity index (χ0n) is 11.3. The fraction of sp³-hybridized carbons (Fsp3) is 0. The maximum Gasteiger partial charge on any atom is 0.0913 e. The minimum absolute atomic E-state index is 0.883. The Morgan fingerprint density at radius 2 is 1.62 bits per heavy atom. The van der Waals surface area contributed by atoms with Crippen molar-refractivity contribution in [1.82, 2.24) is 15.0 Å². The van der Waals surface area contributed by atoms with E-state index in [1.165, 1.54) is 0 Å². The average molecular weight is 271 g/mol. The highest BCUT2D eigenvalue weighted by Gasteiger charge is 2.15. The van der Waals surface area contributed by atoms with Crippen LogP contribution in [-0.2, 0) is 0 Å². The van der Waals surface area contributed by atoms with Gasteiger partial charge in [0.1, 0.15) is 0 Å². The van der Waals surface area contributed by atoms with Crippen LogP contribution in [-0.4, -0.2) is 15.0 Å². The summed E-state index contributed by atoms with van der Waals surface area (Å²) >= 11 is 0. The molecule has 2 aromatic heterocycles. The number of aromatic nitrogens is 3. The second-order valence-corrected chi connectivity index (χ2v) is 4.88.